The fraction of sp³-hybridized carbons (Fsp3) is 0.353. The molecular formula is C17H19FN4O. The van der Waals surface area contributed by atoms with Gasteiger partial charge in [0.25, 0.3) is 0 Å². The lowest BCUT2D eigenvalue weighted by molar-refractivity contribution is -0.132. The second-order valence-electron chi connectivity index (χ2n) is 5.76. The first-order chi connectivity index (χ1) is 11.1. The van der Waals surface area contributed by atoms with E-state index in [2.05, 4.69) is 9.97 Å². The predicted octanol–water partition coefficient (Wildman–Crippen LogP) is 2.94. The molecule has 5 nitrogen and oxygen atoms in total. The highest BCUT2D eigenvalue weighted by atomic mass is 19.1. The third-order valence-corrected chi connectivity index (χ3v) is 4.22. The van der Waals surface area contributed by atoms with E-state index in [1.807, 2.05) is 4.90 Å². The molecular weight excluding hydrogens is 295 g/mol. The van der Waals surface area contributed by atoms with Crippen LogP contribution in [-0.4, -0.2) is 27.3 Å². The van der Waals surface area contributed by atoms with Crippen molar-refractivity contribution >= 4 is 11.9 Å². The van der Waals surface area contributed by atoms with Gasteiger partial charge >= 0.3 is 0 Å². The number of nitrogens with two attached hydrogens (primary N) is 1. The van der Waals surface area contributed by atoms with Crippen LogP contribution in [-0.2, 0) is 4.79 Å². The molecule has 1 aromatic heterocycles. The minimum absolute atomic E-state index is 0.0249. The Kier molecular flexibility index (Phi) is 4.23. The van der Waals surface area contributed by atoms with Gasteiger partial charge in [0.05, 0.1) is 11.7 Å². The molecule has 6 heteroatoms. The van der Waals surface area contributed by atoms with Crippen LogP contribution in [0.2, 0.25) is 0 Å². The summed E-state index contributed by atoms with van der Waals surface area (Å²) < 4.78 is 13.2. The fourth-order valence-corrected chi connectivity index (χ4v) is 3.11. The Morgan fingerprint density at radius 3 is 2.74 bits per heavy atom. The molecule has 1 aliphatic heterocycles. The standard InChI is InChI=1S/C17H19FN4O/c1-11(23)22-9-3-2-4-15(22)16-14(10-20-17(19)21-16)12-5-7-13(18)8-6-12/h5-8,10,15H,2-4,9H2,1H3,(H2,19,20,21)/t15-/m0/s1. The molecule has 1 atom stereocenters. The van der Waals surface area contributed by atoms with Crippen molar-refractivity contribution < 1.29 is 9.18 Å². The predicted molar refractivity (Wildman–Crippen MR) is 85.8 cm³/mol. The second-order valence-corrected chi connectivity index (χ2v) is 5.76. The lowest BCUT2D eigenvalue weighted by atomic mass is 9.94. The Labute approximate surface area is 134 Å². The van der Waals surface area contributed by atoms with Gasteiger partial charge in [0, 0.05) is 25.2 Å². The summed E-state index contributed by atoms with van der Waals surface area (Å²) in [7, 11) is 0. The molecule has 3 rings (SSSR count). The first kappa shape index (κ1) is 15.4. The molecule has 0 bridgehead atoms. The highest BCUT2D eigenvalue weighted by molar-refractivity contribution is 5.75. The van der Waals surface area contributed by atoms with Crippen molar-refractivity contribution in [3.8, 4) is 11.1 Å². The number of amides is 1. The summed E-state index contributed by atoms with van der Waals surface area (Å²) in [5, 5.41) is 0. The molecule has 0 saturated carbocycles. The number of carbonyl (C=O) groups excluding carboxylic acids is 1. The van der Waals surface area contributed by atoms with Gasteiger partial charge in [-0.15, -0.1) is 0 Å². The number of halogens is 1. The van der Waals surface area contributed by atoms with Crippen molar-refractivity contribution in [2.75, 3.05) is 12.3 Å². The van der Waals surface area contributed by atoms with E-state index in [-0.39, 0.29) is 23.7 Å². The largest absolute Gasteiger partial charge is 0.368 e. The Balaban J connectivity index is 2.08. The lowest BCUT2D eigenvalue weighted by Crippen LogP contribution is -2.37. The van der Waals surface area contributed by atoms with Crippen LogP contribution in [0.15, 0.2) is 30.5 Å². The molecule has 1 amide bonds. The third-order valence-electron chi connectivity index (χ3n) is 4.22. The second kappa shape index (κ2) is 6.32. The van der Waals surface area contributed by atoms with Crippen LogP contribution in [0.5, 0.6) is 0 Å². The van der Waals surface area contributed by atoms with Gasteiger partial charge in [-0.1, -0.05) is 12.1 Å². The smallest absolute Gasteiger partial charge is 0.220 e. The molecule has 1 fully saturated rings. The summed E-state index contributed by atoms with van der Waals surface area (Å²) in [6.45, 7) is 2.28. The van der Waals surface area contributed by atoms with Crippen LogP contribution in [0.3, 0.4) is 0 Å². The number of benzene rings is 1. The zero-order valence-electron chi connectivity index (χ0n) is 13.0. The average molecular weight is 314 g/mol. The van der Waals surface area contributed by atoms with E-state index in [0.29, 0.717) is 6.54 Å². The third kappa shape index (κ3) is 3.16. The molecule has 2 heterocycles. The van der Waals surface area contributed by atoms with Crippen LogP contribution in [0.25, 0.3) is 11.1 Å². The van der Waals surface area contributed by atoms with Crippen molar-refractivity contribution in [3.05, 3.63) is 42.0 Å². The van der Waals surface area contributed by atoms with E-state index in [1.54, 1.807) is 25.3 Å². The molecule has 120 valence electrons. The van der Waals surface area contributed by atoms with Crippen molar-refractivity contribution in [1.29, 1.82) is 0 Å². The number of nitrogen functional groups attached to an aromatic ring is 1. The highest BCUT2D eigenvalue weighted by Gasteiger charge is 2.29. The highest BCUT2D eigenvalue weighted by Crippen LogP contribution is 2.35. The summed E-state index contributed by atoms with van der Waals surface area (Å²) in [5.74, 6) is -0.0911. The molecule has 0 unspecified atom stereocenters. The SMILES string of the molecule is CC(=O)N1CCCC[C@H]1c1nc(N)ncc1-c1ccc(F)cc1. The normalized spacial score (nSPS) is 18.0. The quantitative estimate of drug-likeness (QED) is 0.925. The van der Waals surface area contributed by atoms with Gasteiger partial charge in [-0.25, -0.2) is 14.4 Å². The first-order valence-corrected chi connectivity index (χ1v) is 7.72. The minimum atomic E-state index is -0.297. The van der Waals surface area contributed by atoms with Crippen molar-refractivity contribution in [1.82, 2.24) is 14.9 Å². The van der Waals surface area contributed by atoms with E-state index in [0.717, 1.165) is 36.1 Å². The van der Waals surface area contributed by atoms with E-state index < -0.39 is 0 Å². The summed E-state index contributed by atoms with van der Waals surface area (Å²) >= 11 is 0. The zero-order chi connectivity index (χ0) is 16.4. The van der Waals surface area contributed by atoms with Crippen LogP contribution in [0.4, 0.5) is 10.3 Å². The van der Waals surface area contributed by atoms with E-state index in [9.17, 15) is 9.18 Å². The van der Waals surface area contributed by atoms with Crippen molar-refractivity contribution in [3.63, 3.8) is 0 Å². The Hall–Kier alpha value is -2.50. The molecule has 1 saturated heterocycles. The molecule has 0 spiro atoms. The van der Waals surface area contributed by atoms with Crippen molar-refractivity contribution in [2.45, 2.75) is 32.2 Å². The molecule has 2 aromatic rings. The average Bonchev–Trinajstić information content (AvgIpc) is 2.56. The van der Waals surface area contributed by atoms with Crippen LogP contribution >= 0.6 is 0 Å². The first-order valence-electron chi connectivity index (χ1n) is 7.72. The Bertz CT molecular complexity index is 717. The monoisotopic (exact) mass is 314 g/mol. The number of hydrogen-bond donors (Lipinski definition) is 1. The number of piperidine rings is 1. The van der Waals surface area contributed by atoms with E-state index in [1.165, 1.54) is 12.1 Å². The van der Waals surface area contributed by atoms with Gasteiger partial charge in [-0.05, 0) is 37.0 Å². The van der Waals surface area contributed by atoms with Gasteiger partial charge < -0.3 is 10.6 Å². The van der Waals surface area contributed by atoms with Crippen LogP contribution in [0, 0.1) is 5.82 Å². The number of rotatable bonds is 2. The van der Waals surface area contributed by atoms with E-state index in [4.69, 9.17) is 5.73 Å². The van der Waals surface area contributed by atoms with Crippen molar-refractivity contribution in [2.24, 2.45) is 0 Å². The molecule has 0 aliphatic carbocycles. The minimum Gasteiger partial charge on any atom is -0.368 e. The molecule has 2 N–H and O–H groups in total. The number of likely N-dealkylation sites (tertiary alicyclic amines) is 1. The van der Waals surface area contributed by atoms with Gasteiger partial charge in [0.2, 0.25) is 11.9 Å². The summed E-state index contributed by atoms with van der Waals surface area (Å²) in [5.41, 5.74) is 8.11. The number of carbonyl (C=O) groups is 1. The maximum atomic E-state index is 13.2. The molecule has 1 aliphatic rings. The van der Waals surface area contributed by atoms with E-state index >= 15 is 0 Å². The number of anilines is 1. The summed E-state index contributed by atoms with van der Waals surface area (Å²) in [4.78, 5) is 22.3. The van der Waals surface area contributed by atoms with Gasteiger partial charge in [-0.3, -0.25) is 4.79 Å². The summed E-state index contributed by atoms with van der Waals surface area (Å²) in [6.07, 6.45) is 4.51. The fourth-order valence-electron chi connectivity index (χ4n) is 3.11. The lowest BCUT2D eigenvalue weighted by Gasteiger charge is -2.35. The topological polar surface area (TPSA) is 72.1 Å². The maximum absolute atomic E-state index is 13.2. The van der Waals surface area contributed by atoms with Crippen LogP contribution < -0.4 is 5.73 Å². The van der Waals surface area contributed by atoms with Crippen LogP contribution in [0.1, 0.15) is 37.9 Å². The summed E-state index contributed by atoms with van der Waals surface area (Å²) in [6, 6.07) is 6.06. The Morgan fingerprint density at radius 2 is 2.04 bits per heavy atom. The van der Waals surface area contributed by atoms with Gasteiger partial charge in [0.15, 0.2) is 0 Å². The van der Waals surface area contributed by atoms with Gasteiger partial charge in [-0.2, -0.15) is 0 Å². The number of hydrogen-bond acceptors (Lipinski definition) is 4. The molecule has 23 heavy (non-hydrogen) atoms. The number of nitrogens with zero attached hydrogens (tertiary/aromatic N) is 3. The zero-order valence-corrected chi connectivity index (χ0v) is 13.0. The van der Waals surface area contributed by atoms with Gasteiger partial charge in [0.1, 0.15) is 5.82 Å². The number of aromatic nitrogens is 2. The molecule has 1 aromatic carbocycles. The molecule has 0 radical (unpaired) electrons. The Morgan fingerprint density at radius 1 is 1.30 bits per heavy atom. The maximum Gasteiger partial charge on any atom is 0.220 e.